The van der Waals surface area contributed by atoms with E-state index in [2.05, 4.69) is 5.32 Å². The summed E-state index contributed by atoms with van der Waals surface area (Å²) < 4.78 is 0. The summed E-state index contributed by atoms with van der Waals surface area (Å²) in [5, 5.41) is 2.63. The minimum atomic E-state index is -0.155. The Labute approximate surface area is 99.8 Å². The van der Waals surface area contributed by atoms with E-state index in [1.54, 1.807) is 13.0 Å². The Bertz CT molecular complexity index is 512. The standard InChI is InChI=1S/C14H13NO2/c1-10-7-13(16)12(15-14(17)8-10)9-11-5-3-2-4-6-11/h2-7,9H,8H2,1H3,(H,15,17)/b12-9-. The van der Waals surface area contributed by atoms with Gasteiger partial charge in [-0.15, -0.1) is 0 Å². The zero-order valence-electron chi connectivity index (χ0n) is 9.57. The molecule has 1 aromatic rings. The molecule has 0 unspecified atom stereocenters. The molecule has 0 aromatic heterocycles. The van der Waals surface area contributed by atoms with Crippen LogP contribution in [-0.2, 0) is 9.59 Å². The average molecular weight is 227 g/mol. The maximum absolute atomic E-state index is 11.8. The summed E-state index contributed by atoms with van der Waals surface area (Å²) in [6.45, 7) is 1.78. The second-order valence-corrected chi connectivity index (χ2v) is 4.05. The molecular weight excluding hydrogens is 214 g/mol. The van der Waals surface area contributed by atoms with Crippen molar-refractivity contribution in [1.82, 2.24) is 5.32 Å². The first-order valence-corrected chi connectivity index (χ1v) is 5.43. The molecule has 0 saturated carbocycles. The van der Waals surface area contributed by atoms with Gasteiger partial charge < -0.3 is 5.32 Å². The molecule has 1 aliphatic heterocycles. The molecule has 1 amide bonds. The number of nitrogens with one attached hydrogen (secondary N) is 1. The van der Waals surface area contributed by atoms with E-state index in [1.165, 1.54) is 6.08 Å². The van der Waals surface area contributed by atoms with Crippen LogP contribution >= 0.6 is 0 Å². The third-order valence-electron chi connectivity index (χ3n) is 2.47. The van der Waals surface area contributed by atoms with Crippen molar-refractivity contribution in [2.45, 2.75) is 13.3 Å². The summed E-state index contributed by atoms with van der Waals surface area (Å²) in [7, 11) is 0. The van der Waals surface area contributed by atoms with Crippen LogP contribution in [0.5, 0.6) is 0 Å². The lowest BCUT2D eigenvalue weighted by molar-refractivity contribution is -0.121. The molecule has 0 saturated heterocycles. The summed E-state index contributed by atoms with van der Waals surface area (Å²) in [5.41, 5.74) is 2.01. The number of benzene rings is 1. The van der Waals surface area contributed by atoms with Gasteiger partial charge in [-0.1, -0.05) is 35.9 Å². The van der Waals surface area contributed by atoms with E-state index < -0.39 is 0 Å². The van der Waals surface area contributed by atoms with Crippen molar-refractivity contribution in [3.8, 4) is 0 Å². The number of carbonyl (C=O) groups excluding carboxylic acids is 2. The second-order valence-electron chi connectivity index (χ2n) is 4.05. The van der Waals surface area contributed by atoms with Crippen LogP contribution in [-0.4, -0.2) is 11.7 Å². The van der Waals surface area contributed by atoms with E-state index in [0.29, 0.717) is 5.70 Å². The maximum Gasteiger partial charge on any atom is 0.228 e. The highest BCUT2D eigenvalue weighted by Crippen LogP contribution is 2.12. The predicted octanol–water partition coefficient (Wildman–Crippen LogP) is 2.06. The van der Waals surface area contributed by atoms with Gasteiger partial charge in [-0.3, -0.25) is 9.59 Å². The second kappa shape index (κ2) is 4.78. The fourth-order valence-electron chi connectivity index (χ4n) is 1.68. The van der Waals surface area contributed by atoms with Gasteiger partial charge >= 0.3 is 0 Å². The van der Waals surface area contributed by atoms with Crippen molar-refractivity contribution >= 4 is 17.8 Å². The first kappa shape index (κ1) is 11.3. The lowest BCUT2D eigenvalue weighted by Gasteiger charge is -2.03. The molecule has 17 heavy (non-hydrogen) atoms. The highest BCUT2D eigenvalue weighted by molar-refractivity contribution is 6.11. The molecule has 0 atom stereocenters. The van der Waals surface area contributed by atoms with Crippen molar-refractivity contribution < 1.29 is 9.59 Å². The normalized spacial score (nSPS) is 18.6. The molecule has 2 rings (SSSR count). The van der Waals surface area contributed by atoms with Gasteiger partial charge in [-0.2, -0.15) is 0 Å². The Hall–Kier alpha value is -2.16. The van der Waals surface area contributed by atoms with Gasteiger partial charge in [0.2, 0.25) is 11.7 Å². The number of allylic oxidation sites excluding steroid dienone is 1. The maximum atomic E-state index is 11.8. The zero-order valence-corrected chi connectivity index (χ0v) is 9.57. The van der Waals surface area contributed by atoms with E-state index >= 15 is 0 Å². The number of rotatable bonds is 1. The minimum absolute atomic E-state index is 0.146. The third kappa shape index (κ3) is 2.91. The molecule has 3 nitrogen and oxygen atoms in total. The molecule has 0 bridgehead atoms. The molecule has 1 aromatic carbocycles. The third-order valence-corrected chi connectivity index (χ3v) is 2.47. The fourth-order valence-corrected chi connectivity index (χ4v) is 1.68. The molecular formula is C14H13NO2. The number of carbonyl (C=O) groups is 2. The zero-order chi connectivity index (χ0) is 12.3. The predicted molar refractivity (Wildman–Crippen MR) is 65.9 cm³/mol. The van der Waals surface area contributed by atoms with Crippen LogP contribution in [0.25, 0.3) is 6.08 Å². The van der Waals surface area contributed by atoms with Crippen molar-refractivity contribution in [3.63, 3.8) is 0 Å². The van der Waals surface area contributed by atoms with Crippen LogP contribution < -0.4 is 5.32 Å². The summed E-state index contributed by atoms with van der Waals surface area (Å²) >= 11 is 0. The SMILES string of the molecule is CC1=CC(=O)/C(=C/c2ccccc2)NC(=O)C1. The van der Waals surface area contributed by atoms with E-state index in [9.17, 15) is 9.59 Å². The molecule has 1 N–H and O–H groups in total. The Balaban J connectivity index is 2.34. The van der Waals surface area contributed by atoms with Crippen molar-refractivity contribution in [3.05, 3.63) is 53.2 Å². The molecule has 0 spiro atoms. The van der Waals surface area contributed by atoms with Crippen LogP contribution in [0.4, 0.5) is 0 Å². The first-order valence-electron chi connectivity index (χ1n) is 5.43. The highest BCUT2D eigenvalue weighted by atomic mass is 16.2. The minimum Gasteiger partial charge on any atom is -0.323 e. The monoisotopic (exact) mass is 227 g/mol. The molecule has 1 heterocycles. The number of hydrogen-bond acceptors (Lipinski definition) is 2. The van der Waals surface area contributed by atoms with Crippen LogP contribution in [0.15, 0.2) is 47.7 Å². The molecule has 86 valence electrons. The van der Waals surface area contributed by atoms with Gasteiger partial charge in [0.25, 0.3) is 0 Å². The largest absolute Gasteiger partial charge is 0.323 e. The van der Waals surface area contributed by atoms with Gasteiger partial charge in [-0.05, 0) is 24.6 Å². The van der Waals surface area contributed by atoms with Crippen molar-refractivity contribution in [2.75, 3.05) is 0 Å². The Morgan fingerprint density at radius 1 is 1.18 bits per heavy atom. The highest BCUT2D eigenvalue weighted by Gasteiger charge is 2.16. The topological polar surface area (TPSA) is 46.2 Å². The first-order chi connectivity index (χ1) is 8.15. The Morgan fingerprint density at radius 2 is 1.88 bits per heavy atom. The summed E-state index contributed by atoms with van der Waals surface area (Å²) in [6.07, 6.45) is 3.47. The van der Waals surface area contributed by atoms with Gasteiger partial charge in [-0.25, -0.2) is 0 Å². The number of amides is 1. The van der Waals surface area contributed by atoms with Crippen LogP contribution in [0.2, 0.25) is 0 Å². The number of ketones is 1. The van der Waals surface area contributed by atoms with Gasteiger partial charge in [0.15, 0.2) is 0 Å². The molecule has 0 fully saturated rings. The van der Waals surface area contributed by atoms with Gasteiger partial charge in [0.1, 0.15) is 0 Å². The van der Waals surface area contributed by atoms with E-state index in [0.717, 1.165) is 11.1 Å². The lowest BCUT2D eigenvalue weighted by atomic mass is 10.1. The molecule has 1 aliphatic rings. The smallest absolute Gasteiger partial charge is 0.228 e. The van der Waals surface area contributed by atoms with Crippen molar-refractivity contribution in [2.24, 2.45) is 0 Å². The lowest BCUT2D eigenvalue weighted by Crippen LogP contribution is -2.24. The van der Waals surface area contributed by atoms with E-state index in [-0.39, 0.29) is 18.1 Å². The molecule has 0 radical (unpaired) electrons. The fraction of sp³-hybridized carbons (Fsp3) is 0.143. The summed E-state index contributed by atoms with van der Waals surface area (Å²) in [5.74, 6) is -0.302. The van der Waals surface area contributed by atoms with Crippen LogP contribution in [0.1, 0.15) is 18.9 Å². The number of hydrogen-bond donors (Lipinski definition) is 1. The van der Waals surface area contributed by atoms with Gasteiger partial charge in [0.05, 0.1) is 5.70 Å². The average Bonchev–Trinajstić information content (AvgIpc) is 2.39. The quantitative estimate of drug-likeness (QED) is 0.746. The van der Waals surface area contributed by atoms with Crippen LogP contribution in [0, 0.1) is 0 Å². The Kier molecular flexibility index (Phi) is 3.19. The molecule has 3 heteroatoms. The van der Waals surface area contributed by atoms with E-state index in [1.807, 2.05) is 30.3 Å². The van der Waals surface area contributed by atoms with E-state index in [4.69, 9.17) is 0 Å². The van der Waals surface area contributed by atoms with Gasteiger partial charge in [0, 0.05) is 6.42 Å². The summed E-state index contributed by atoms with van der Waals surface area (Å²) in [4.78, 5) is 23.3. The molecule has 0 aliphatic carbocycles. The van der Waals surface area contributed by atoms with Crippen molar-refractivity contribution in [1.29, 1.82) is 0 Å². The van der Waals surface area contributed by atoms with Crippen LogP contribution in [0.3, 0.4) is 0 Å². The Morgan fingerprint density at radius 3 is 2.59 bits per heavy atom. The summed E-state index contributed by atoms with van der Waals surface area (Å²) in [6, 6.07) is 9.44.